The van der Waals surface area contributed by atoms with Crippen molar-refractivity contribution >= 4 is 33.3 Å². The molecular weight excluding hydrogens is 624 g/mol. The summed E-state index contributed by atoms with van der Waals surface area (Å²) < 4.78 is 58.7. The largest absolute Gasteiger partial charge is 0.487 e. The molecule has 3 heterocycles. The Morgan fingerprint density at radius 1 is 0.812 bits per heavy atom. The van der Waals surface area contributed by atoms with Crippen molar-refractivity contribution in [1.29, 1.82) is 0 Å². The minimum Gasteiger partial charge on any atom is -0.487 e. The molecule has 0 saturated heterocycles. The molecule has 13 heteroatoms. The van der Waals surface area contributed by atoms with Crippen molar-refractivity contribution in [1.82, 2.24) is 19.5 Å². The van der Waals surface area contributed by atoms with Gasteiger partial charge in [0.05, 0.1) is 35.0 Å². The van der Waals surface area contributed by atoms with E-state index in [9.17, 15) is 9.18 Å². The molecule has 0 fully saturated rings. The number of benzene rings is 3. The Bertz CT molecular complexity index is 2140. The van der Waals surface area contributed by atoms with Crippen LogP contribution in [0.2, 0.25) is 0 Å². The standard InChI is InChI=1S/C35H31F2N5O6/c1-42-19-25(21-4-6-22(36)7-5-21)33(43)32-28(42)10-11-38-34(32)41-23-8-9-29(26(37)16-23)48-35-24-17-30(46-14-12-44-2)31(47-15-13-45-3)18-27(24)39-20-40-35/h4-11,16-20H,12-15H2,1-3H3,(H,38,41). The summed E-state index contributed by atoms with van der Waals surface area (Å²) in [5.41, 5.74) is 2.05. The summed E-state index contributed by atoms with van der Waals surface area (Å²) in [6, 6.07) is 15.0. The molecule has 246 valence electrons. The zero-order valence-electron chi connectivity index (χ0n) is 26.3. The van der Waals surface area contributed by atoms with Crippen molar-refractivity contribution in [2.45, 2.75) is 0 Å². The molecule has 0 unspecified atom stereocenters. The van der Waals surface area contributed by atoms with E-state index < -0.39 is 11.6 Å². The monoisotopic (exact) mass is 655 g/mol. The highest BCUT2D eigenvalue weighted by molar-refractivity contribution is 5.94. The van der Waals surface area contributed by atoms with Gasteiger partial charge in [-0.15, -0.1) is 0 Å². The number of rotatable bonds is 13. The highest BCUT2D eigenvalue weighted by Gasteiger charge is 2.18. The van der Waals surface area contributed by atoms with E-state index in [-0.39, 0.29) is 29.5 Å². The normalized spacial score (nSPS) is 11.2. The number of halogens is 2. The molecule has 3 aromatic heterocycles. The molecule has 0 radical (unpaired) electrons. The Morgan fingerprint density at radius 3 is 2.25 bits per heavy atom. The minimum atomic E-state index is -0.692. The molecule has 0 amide bonds. The van der Waals surface area contributed by atoms with Crippen LogP contribution in [-0.2, 0) is 16.5 Å². The number of hydrogen-bond acceptors (Lipinski definition) is 10. The van der Waals surface area contributed by atoms with E-state index in [2.05, 4.69) is 20.3 Å². The summed E-state index contributed by atoms with van der Waals surface area (Å²) in [6.07, 6.45) is 4.55. The lowest BCUT2D eigenvalue weighted by Gasteiger charge is -2.15. The van der Waals surface area contributed by atoms with E-state index >= 15 is 4.39 Å². The first-order valence-corrected chi connectivity index (χ1v) is 14.9. The van der Waals surface area contributed by atoms with E-state index in [1.54, 1.807) is 74.6 Å². The highest BCUT2D eigenvalue weighted by atomic mass is 19.1. The van der Waals surface area contributed by atoms with Crippen LogP contribution in [0.4, 0.5) is 20.3 Å². The van der Waals surface area contributed by atoms with Crippen LogP contribution in [-0.4, -0.2) is 60.2 Å². The number of aromatic nitrogens is 4. The molecule has 6 aromatic rings. The van der Waals surface area contributed by atoms with Crippen molar-refractivity contribution in [3.05, 3.63) is 101 Å². The summed E-state index contributed by atoms with van der Waals surface area (Å²) in [5.74, 6) is 0.00181. The van der Waals surface area contributed by atoms with Gasteiger partial charge in [0.25, 0.3) is 0 Å². The second kappa shape index (κ2) is 14.4. The number of fused-ring (bicyclic) bond motifs is 2. The lowest BCUT2D eigenvalue weighted by atomic mass is 10.0. The van der Waals surface area contributed by atoms with E-state index in [1.807, 2.05) is 0 Å². The molecule has 48 heavy (non-hydrogen) atoms. The quantitative estimate of drug-likeness (QED) is 0.140. The van der Waals surface area contributed by atoms with Gasteiger partial charge in [0, 0.05) is 57.0 Å². The van der Waals surface area contributed by atoms with Gasteiger partial charge in [-0.05, 0) is 42.0 Å². The molecule has 0 bridgehead atoms. The van der Waals surface area contributed by atoms with Crippen molar-refractivity contribution in [2.24, 2.45) is 7.05 Å². The highest BCUT2D eigenvalue weighted by Crippen LogP contribution is 2.37. The van der Waals surface area contributed by atoms with Crippen LogP contribution < -0.4 is 25.0 Å². The maximum atomic E-state index is 15.5. The third-order valence-corrected chi connectivity index (χ3v) is 7.41. The molecular formula is C35H31F2N5O6. The average molecular weight is 656 g/mol. The number of nitrogens with one attached hydrogen (secondary N) is 1. The second-order valence-electron chi connectivity index (χ2n) is 10.6. The van der Waals surface area contributed by atoms with Crippen molar-refractivity contribution in [3.8, 4) is 34.3 Å². The molecule has 0 atom stereocenters. The number of nitrogens with zero attached hydrogens (tertiary/aromatic N) is 4. The van der Waals surface area contributed by atoms with E-state index in [4.69, 9.17) is 23.7 Å². The van der Waals surface area contributed by atoms with Gasteiger partial charge < -0.3 is 33.6 Å². The van der Waals surface area contributed by atoms with Crippen LogP contribution >= 0.6 is 0 Å². The van der Waals surface area contributed by atoms with Gasteiger partial charge in [-0.3, -0.25) is 4.79 Å². The molecule has 11 nitrogen and oxygen atoms in total. The Balaban J connectivity index is 1.30. The molecule has 3 aromatic carbocycles. The molecule has 0 aliphatic carbocycles. The summed E-state index contributed by atoms with van der Waals surface area (Å²) in [4.78, 5) is 26.6. The van der Waals surface area contributed by atoms with Crippen molar-refractivity contribution in [3.63, 3.8) is 0 Å². The number of pyridine rings is 2. The number of anilines is 2. The van der Waals surface area contributed by atoms with E-state index in [0.29, 0.717) is 69.9 Å². The van der Waals surface area contributed by atoms with Crippen LogP contribution in [0.25, 0.3) is 32.9 Å². The first-order valence-electron chi connectivity index (χ1n) is 14.9. The van der Waals surface area contributed by atoms with Crippen LogP contribution in [0, 0.1) is 11.6 Å². The van der Waals surface area contributed by atoms with Crippen LogP contribution in [0.15, 0.2) is 84.2 Å². The predicted octanol–water partition coefficient (Wildman–Crippen LogP) is 6.41. The maximum absolute atomic E-state index is 15.5. The molecule has 0 spiro atoms. The maximum Gasteiger partial charge on any atom is 0.230 e. The van der Waals surface area contributed by atoms with Gasteiger partial charge in [-0.25, -0.2) is 23.7 Å². The van der Waals surface area contributed by atoms with Gasteiger partial charge in [-0.1, -0.05) is 12.1 Å². The third-order valence-electron chi connectivity index (χ3n) is 7.41. The fraction of sp³-hybridized carbons (Fsp3) is 0.200. The zero-order chi connectivity index (χ0) is 33.6. The Kier molecular flexibility index (Phi) is 9.69. The van der Waals surface area contributed by atoms with Gasteiger partial charge in [-0.2, -0.15) is 0 Å². The summed E-state index contributed by atoms with van der Waals surface area (Å²) in [5, 5.41) is 3.83. The lowest BCUT2D eigenvalue weighted by molar-refractivity contribution is 0.132. The Morgan fingerprint density at radius 2 is 1.54 bits per heavy atom. The lowest BCUT2D eigenvalue weighted by Crippen LogP contribution is -2.13. The predicted molar refractivity (Wildman–Crippen MR) is 176 cm³/mol. The molecule has 0 aliphatic rings. The Hall–Kier alpha value is -5.66. The van der Waals surface area contributed by atoms with E-state index in [0.717, 1.165) is 0 Å². The number of hydrogen-bond donors (Lipinski definition) is 1. The second-order valence-corrected chi connectivity index (χ2v) is 10.6. The SMILES string of the molecule is COCCOc1cc2ncnc(Oc3ccc(Nc4nccc5c4c(=O)c(-c4ccc(F)cc4)cn5C)cc3F)c2cc1OCCOC. The van der Waals surface area contributed by atoms with Crippen molar-refractivity contribution < 1.29 is 32.5 Å². The molecule has 6 rings (SSSR count). The van der Waals surface area contributed by atoms with Gasteiger partial charge in [0.2, 0.25) is 11.3 Å². The average Bonchev–Trinajstić information content (AvgIpc) is 3.08. The molecule has 0 saturated carbocycles. The number of methoxy groups -OCH3 is 2. The van der Waals surface area contributed by atoms with E-state index in [1.165, 1.54) is 30.6 Å². The fourth-order valence-electron chi connectivity index (χ4n) is 5.08. The van der Waals surface area contributed by atoms with Crippen LogP contribution in [0.3, 0.4) is 0 Å². The Labute approximate surface area is 273 Å². The van der Waals surface area contributed by atoms with Crippen LogP contribution in [0.1, 0.15) is 0 Å². The van der Waals surface area contributed by atoms with Gasteiger partial charge in [0.1, 0.15) is 31.2 Å². The topological polar surface area (TPSA) is 119 Å². The van der Waals surface area contributed by atoms with Gasteiger partial charge >= 0.3 is 0 Å². The summed E-state index contributed by atoms with van der Waals surface area (Å²) in [6.45, 7) is 1.29. The smallest absolute Gasteiger partial charge is 0.230 e. The molecule has 0 aliphatic heterocycles. The number of aryl methyl sites for hydroxylation is 1. The fourth-order valence-corrected chi connectivity index (χ4v) is 5.08. The minimum absolute atomic E-state index is 0.0942. The van der Waals surface area contributed by atoms with Gasteiger partial charge in [0.15, 0.2) is 23.1 Å². The zero-order valence-corrected chi connectivity index (χ0v) is 26.3. The molecule has 1 N–H and O–H groups in total. The summed E-state index contributed by atoms with van der Waals surface area (Å²) >= 11 is 0. The van der Waals surface area contributed by atoms with Crippen LogP contribution in [0.5, 0.6) is 23.1 Å². The first-order chi connectivity index (χ1) is 23.4. The van der Waals surface area contributed by atoms with Crippen molar-refractivity contribution in [2.75, 3.05) is 46.0 Å². The summed E-state index contributed by atoms with van der Waals surface area (Å²) in [7, 11) is 4.94. The first kappa shape index (κ1) is 32.3. The number of ether oxygens (including phenoxy) is 5. The third kappa shape index (κ3) is 6.87.